The lowest BCUT2D eigenvalue weighted by Crippen LogP contribution is -2.35. The molecule has 0 bridgehead atoms. The highest BCUT2D eigenvalue weighted by molar-refractivity contribution is 7.23. The van der Waals surface area contributed by atoms with Crippen LogP contribution in [0.2, 0.25) is 0 Å². The zero-order valence-electron chi connectivity index (χ0n) is 29.9. The summed E-state index contributed by atoms with van der Waals surface area (Å²) in [5.41, 5.74) is 2.59. The Bertz CT molecular complexity index is 2080. The number of rotatable bonds is 5. The molecule has 4 aromatic rings. The van der Waals surface area contributed by atoms with Gasteiger partial charge in [0.1, 0.15) is 40.6 Å². The van der Waals surface area contributed by atoms with Crippen molar-refractivity contribution in [3.05, 3.63) is 41.0 Å². The molecule has 1 aliphatic carbocycles. The predicted octanol–water partition coefficient (Wildman–Crippen LogP) is 8.25. The van der Waals surface area contributed by atoms with Gasteiger partial charge in [0.05, 0.1) is 28.9 Å². The van der Waals surface area contributed by atoms with Gasteiger partial charge in [-0.3, -0.25) is 9.69 Å². The van der Waals surface area contributed by atoms with Gasteiger partial charge >= 0.3 is 12.2 Å². The number of alkyl halides is 5. The van der Waals surface area contributed by atoms with E-state index in [1.165, 1.54) is 20.0 Å². The van der Waals surface area contributed by atoms with E-state index in [0.29, 0.717) is 36.4 Å². The Hall–Kier alpha value is -4.43. The molecule has 2 aromatic heterocycles. The molecule has 9 nitrogen and oxygen atoms in total. The molecule has 3 N–H and O–H groups in total. The summed E-state index contributed by atoms with van der Waals surface area (Å²) in [5.74, 6) is -2.39. The van der Waals surface area contributed by atoms with Crippen LogP contribution in [-0.2, 0) is 11.0 Å². The van der Waals surface area contributed by atoms with Crippen LogP contribution in [0.1, 0.15) is 63.5 Å². The van der Waals surface area contributed by atoms with Gasteiger partial charge in [-0.15, -0.1) is 11.3 Å². The number of hydrogen-bond donors (Lipinski definition) is 2. The number of halogens is 7. The SMILES string of the molecule is CC1CCCN1C(=O)C1CC1F.CCNc1nc(OC)nc2c(F)c(-c3ccc(F)c4sc(N)c(C#N)c34)c(C(F)(F)F)cc12.FC1CC2CCCN2C1. The fourth-order valence-electron chi connectivity index (χ4n) is 7.52. The van der Waals surface area contributed by atoms with E-state index < -0.39 is 46.8 Å². The molecule has 0 radical (unpaired) electrons. The minimum absolute atomic E-state index is 0.0444. The number of thiophene rings is 1. The molecule has 3 aliphatic heterocycles. The van der Waals surface area contributed by atoms with Crippen molar-refractivity contribution in [2.75, 3.05) is 44.3 Å². The number of carbonyl (C=O) groups excluding carboxylic acids is 1. The average molecular weight is 780 g/mol. The lowest BCUT2D eigenvalue weighted by Gasteiger charge is -2.20. The Balaban J connectivity index is 0.000000189. The molecular formula is C37H40F7N7O2S. The molecule has 5 heterocycles. The number of nitrogen functional groups attached to an aromatic ring is 1. The minimum Gasteiger partial charge on any atom is -0.467 e. The lowest BCUT2D eigenvalue weighted by molar-refractivity contribution is -0.137. The van der Waals surface area contributed by atoms with Gasteiger partial charge in [-0.25, -0.2) is 17.6 Å². The molecule has 3 saturated heterocycles. The normalized spacial score (nSPS) is 23.4. The van der Waals surface area contributed by atoms with E-state index in [1.807, 2.05) is 11.8 Å². The summed E-state index contributed by atoms with van der Waals surface area (Å²) in [4.78, 5) is 23.5. The van der Waals surface area contributed by atoms with Crippen molar-refractivity contribution in [1.82, 2.24) is 19.8 Å². The number of nitrogens with zero attached hydrogens (tertiary/aromatic N) is 5. The first-order chi connectivity index (χ1) is 25.7. The Morgan fingerprint density at radius 3 is 2.46 bits per heavy atom. The molecule has 290 valence electrons. The number of ether oxygens (including phenoxy) is 1. The van der Waals surface area contributed by atoms with Crippen molar-refractivity contribution < 1.29 is 40.3 Å². The zero-order valence-corrected chi connectivity index (χ0v) is 30.7. The number of methoxy groups -OCH3 is 1. The minimum atomic E-state index is -5.00. The summed E-state index contributed by atoms with van der Waals surface area (Å²) in [6.07, 6.45) is -0.407. The molecule has 17 heteroatoms. The zero-order chi connectivity index (χ0) is 39.1. The van der Waals surface area contributed by atoms with E-state index in [1.54, 1.807) is 13.0 Å². The van der Waals surface area contributed by atoms with Crippen LogP contribution < -0.4 is 15.8 Å². The highest BCUT2D eigenvalue weighted by Crippen LogP contribution is 2.47. The van der Waals surface area contributed by atoms with Crippen molar-refractivity contribution in [1.29, 1.82) is 5.26 Å². The highest BCUT2D eigenvalue weighted by atomic mass is 32.1. The third-order valence-electron chi connectivity index (χ3n) is 10.3. The van der Waals surface area contributed by atoms with Crippen molar-refractivity contribution >= 4 is 49.1 Å². The second kappa shape index (κ2) is 15.7. The maximum Gasteiger partial charge on any atom is 0.417 e. The lowest BCUT2D eigenvalue weighted by atomic mass is 9.92. The first-order valence-corrected chi connectivity index (χ1v) is 18.6. The molecule has 4 aliphatic rings. The molecule has 1 saturated carbocycles. The smallest absolute Gasteiger partial charge is 0.417 e. The number of anilines is 2. The summed E-state index contributed by atoms with van der Waals surface area (Å²) >= 11 is 0.698. The van der Waals surface area contributed by atoms with Gasteiger partial charge in [0, 0.05) is 48.1 Å². The Labute approximate surface area is 311 Å². The Kier molecular flexibility index (Phi) is 11.4. The number of amides is 1. The molecule has 8 rings (SSSR count). The number of benzene rings is 2. The van der Waals surface area contributed by atoms with Crippen LogP contribution in [0.5, 0.6) is 6.01 Å². The number of nitrogens with two attached hydrogens (primary N) is 1. The average Bonchev–Trinajstić information content (AvgIpc) is 3.50. The van der Waals surface area contributed by atoms with Crippen molar-refractivity contribution in [3.8, 4) is 23.2 Å². The molecular weight excluding hydrogens is 740 g/mol. The van der Waals surface area contributed by atoms with Gasteiger partial charge in [0.2, 0.25) is 5.91 Å². The monoisotopic (exact) mass is 779 g/mol. The molecule has 1 amide bonds. The fraction of sp³-hybridized carbons (Fsp3) is 0.514. The van der Waals surface area contributed by atoms with Crippen molar-refractivity contribution in [2.45, 2.75) is 83.0 Å². The summed E-state index contributed by atoms with van der Waals surface area (Å²) in [6.45, 7) is 6.72. The Morgan fingerprint density at radius 2 is 1.87 bits per heavy atom. The van der Waals surface area contributed by atoms with Gasteiger partial charge in [-0.05, 0) is 76.6 Å². The second-order valence-electron chi connectivity index (χ2n) is 13.9. The molecule has 0 spiro atoms. The summed E-state index contributed by atoms with van der Waals surface area (Å²) in [6, 6.07) is 5.09. The van der Waals surface area contributed by atoms with Gasteiger partial charge in [-0.1, -0.05) is 6.07 Å². The van der Waals surface area contributed by atoms with Gasteiger partial charge in [0.25, 0.3) is 0 Å². The molecule has 2 aromatic carbocycles. The van der Waals surface area contributed by atoms with Crippen molar-refractivity contribution in [2.24, 2.45) is 5.92 Å². The first kappa shape index (κ1) is 39.3. The van der Waals surface area contributed by atoms with Crippen LogP contribution in [0.4, 0.5) is 41.6 Å². The summed E-state index contributed by atoms with van der Waals surface area (Å²) in [7, 11) is 1.23. The predicted molar refractivity (Wildman–Crippen MR) is 193 cm³/mol. The van der Waals surface area contributed by atoms with Crippen LogP contribution in [0.3, 0.4) is 0 Å². The van der Waals surface area contributed by atoms with E-state index in [9.17, 15) is 36.4 Å². The maximum atomic E-state index is 15.9. The quantitative estimate of drug-likeness (QED) is 0.195. The number of fused-ring (bicyclic) bond motifs is 3. The number of nitriles is 1. The van der Waals surface area contributed by atoms with Crippen LogP contribution in [0.15, 0.2) is 18.2 Å². The third kappa shape index (κ3) is 7.72. The first-order valence-electron chi connectivity index (χ1n) is 17.8. The molecule has 5 atom stereocenters. The fourth-order valence-corrected chi connectivity index (χ4v) is 8.46. The summed E-state index contributed by atoms with van der Waals surface area (Å²) in [5, 5.41) is 11.8. The number of nitrogens with one attached hydrogen (secondary N) is 1. The number of hydrogen-bond acceptors (Lipinski definition) is 9. The van der Waals surface area contributed by atoms with E-state index >= 15 is 4.39 Å². The Morgan fingerprint density at radius 1 is 1.15 bits per heavy atom. The standard InChI is InChI=1S/C21H14F5N5OS.C9H14FNO.C7H12FN/c1-3-29-19-9-6-11(21(24,25)26)14(15(23)16(9)30-20(31-19)32-2)8-4-5-12(22)17-13(8)10(7-27)18(28)33-17;1-6-3-2-4-11(6)9(12)7-5-8(7)10;8-6-4-7-2-1-3-9(7)5-6/h4-6H,3,28H2,1-2H3,(H,29,30,31);6-8H,2-5H2,1H3;6-7H,1-5H2. The molecule has 5 unspecified atom stereocenters. The van der Waals surface area contributed by atoms with E-state index in [2.05, 4.69) is 20.2 Å². The van der Waals surface area contributed by atoms with Crippen LogP contribution in [0.25, 0.3) is 32.1 Å². The van der Waals surface area contributed by atoms with Gasteiger partial charge in [-0.2, -0.15) is 28.4 Å². The number of likely N-dealkylation sites (tertiary alicyclic amines) is 1. The van der Waals surface area contributed by atoms with Crippen molar-refractivity contribution in [3.63, 3.8) is 0 Å². The van der Waals surface area contributed by atoms with Gasteiger partial charge in [0.15, 0.2) is 5.82 Å². The number of aromatic nitrogens is 2. The van der Waals surface area contributed by atoms with E-state index in [0.717, 1.165) is 50.6 Å². The third-order valence-corrected chi connectivity index (χ3v) is 11.3. The van der Waals surface area contributed by atoms with Crippen LogP contribution >= 0.6 is 11.3 Å². The van der Waals surface area contributed by atoms with Crippen LogP contribution in [0, 0.1) is 28.9 Å². The maximum absolute atomic E-state index is 15.9. The highest BCUT2D eigenvalue weighted by Gasteiger charge is 2.47. The van der Waals surface area contributed by atoms with Crippen LogP contribution in [-0.4, -0.2) is 83.4 Å². The molecule has 4 fully saturated rings. The summed E-state index contributed by atoms with van der Waals surface area (Å²) < 4.78 is 103. The largest absolute Gasteiger partial charge is 0.467 e. The van der Waals surface area contributed by atoms with Gasteiger partial charge < -0.3 is 20.7 Å². The second-order valence-corrected chi connectivity index (χ2v) is 14.9. The van der Waals surface area contributed by atoms with E-state index in [4.69, 9.17) is 10.5 Å². The topological polar surface area (TPSA) is 120 Å². The van der Waals surface area contributed by atoms with E-state index in [-0.39, 0.29) is 61.8 Å². The number of carbonyl (C=O) groups is 1. The molecule has 54 heavy (non-hydrogen) atoms.